The number of benzene rings is 1. The quantitative estimate of drug-likeness (QED) is 0.851. The molecule has 2 rings (SSSR count). The number of ether oxygens (including phenoxy) is 1. The third-order valence-corrected chi connectivity index (χ3v) is 2.92. The van der Waals surface area contributed by atoms with E-state index in [0.717, 1.165) is 29.4 Å². The number of para-hydroxylation sites is 2. The van der Waals surface area contributed by atoms with Crippen LogP contribution in [0.15, 0.2) is 24.3 Å². The Bertz CT molecular complexity index is 500. The van der Waals surface area contributed by atoms with E-state index in [2.05, 4.69) is 15.5 Å². The van der Waals surface area contributed by atoms with Crippen molar-refractivity contribution in [1.82, 2.24) is 10.2 Å². The Kier molecular flexibility index (Phi) is 3.87. The molecule has 0 atom stereocenters. The fraction of sp³-hybridized carbons (Fsp3) is 0.357. The van der Waals surface area contributed by atoms with Crippen molar-refractivity contribution in [3.63, 3.8) is 0 Å². The van der Waals surface area contributed by atoms with Crippen LogP contribution in [0.3, 0.4) is 0 Å². The Labute approximate surface area is 107 Å². The van der Waals surface area contributed by atoms with E-state index in [1.54, 1.807) is 0 Å². The number of nitrogens with zero attached hydrogens (tertiary/aromatic N) is 1. The molecule has 0 saturated carbocycles. The lowest BCUT2D eigenvalue weighted by Crippen LogP contribution is -2.04. The molecular weight excluding hydrogens is 226 g/mol. The second kappa shape index (κ2) is 5.58. The first kappa shape index (κ1) is 12.5. The van der Waals surface area contributed by atoms with Gasteiger partial charge < -0.3 is 10.1 Å². The molecule has 0 bridgehead atoms. The summed E-state index contributed by atoms with van der Waals surface area (Å²) < 4.78 is 5.58. The van der Waals surface area contributed by atoms with E-state index < -0.39 is 0 Å². The van der Waals surface area contributed by atoms with Crippen molar-refractivity contribution in [2.24, 2.45) is 0 Å². The summed E-state index contributed by atoms with van der Waals surface area (Å²) in [6.45, 7) is 7.45. The van der Waals surface area contributed by atoms with Crippen LogP contribution in [0.4, 0.5) is 5.69 Å². The Morgan fingerprint density at radius 1 is 1.28 bits per heavy atom. The van der Waals surface area contributed by atoms with Crippen LogP contribution in [-0.2, 0) is 6.54 Å². The zero-order chi connectivity index (χ0) is 13.0. The van der Waals surface area contributed by atoms with Gasteiger partial charge >= 0.3 is 0 Å². The molecule has 4 heteroatoms. The Morgan fingerprint density at radius 2 is 2.06 bits per heavy atom. The number of anilines is 1. The fourth-order valence-electron chi connectivity index (χ4n) is 1.91. The molecule has 2 aromatic rings. The van der Waals surface area contributed by atoms with Gasteiger partial charge in [-0.15, -0.1) is 0 Å². The predicted octanol–water partition coefficient (Wildman–Crippen LogP) is 3.04. The highest BCUT2D eigenvalue weighted by Gasteiger charge is 2.07. The van der Waals surface area contributed by atoms with E-state index in [-0.39, 0.29) is 0 Å². The van der Waals surface area contributed by atoms with Crippen LogP contribution in [0.1, 0.15) is 23.9 Å². The topological polar surface area (TPSA) is 49.9 Å². The molecule has 96 valence electrons. The van der Waals surface area contributed by atoms with Crippen molar-refractivity contribution < 1.29 is 4.74 Å². The van der Waals surface area contributed by atoms with Crippen molar-refractivity contribution in [3.05, 3.63) is 41.2 Å². The SMILES string of the molecule is CCOc1ccccc1NCc1c(C)n[nH]c1C. The maximum absolute atomic E-state index is 5.58. The Balaban J connectivity index is 2.11. The smallest absolute Gasteiger partial charge is 0.142 e. The number of hydrogen-bond acceptors (Lipinski definition) is 3. The number of H-pyrrole nitrogens is 1. The van der Waals surface area contributed by atoms with Gasteiger partial charge in [-0.1, -0.05) is 12.1 Å². The highest BCUT2D eigenvalue weighted by atomic mass is 16.5. The molecule has 0 aliphatic carbocycles. The lowest BCUT2D eigenvalue weighted by molar-refractivity contribution is 0.341. The van der Waals surface area contributed by atoms with Gasteiger partial charge in [-0.2, -0.15) is 5.10 Å². The molecular formula is C14H19N3O. The number of nitrogens with one attached hydrogen (secondary N) is 2. The minimum absolute atomic E-state index is 0.669. The van der Waals surface area contributed by atoms with Crippen LogP contribution in [0.25, 0.3) is 0 Å². The van der Waals surface area contributed by atoms with Gasteiger partial charge in [0.05, 0.1) is 18.0 Å². The van der Waals surface area contributed by atoms with E-state index in [1.165, 1.54) is 5.56 Å². The van der Waals surface area contributed by atoms with Gasteiger partial charge in [0, 0.05) is 17.8 Å². The normalized spacial score (nSPS) is 10.4. The molecule has 1 heterocycles. The van der Waals surface area contributed by atoms with Crippen molar-refractivity contribution in [1.29, 1.82) is 0 Å². The number of aromatic nitrogens is 2. The number of aryl methyl sites for hydroxylation is 2. The maximum atomic E-state index is 5.58. The highest BCUT2D eigenvalue weighted by Crippen LogP contribution is 2.24. The number of rotatable bonds is 5. The monoisotopic (exact) mass is 245 g/mol. The Hall–Kier alpha value is -1.97. The summed E-state index contributed by atoms with van der Waals surface area (Å²) in [5, 5.41) is 10.6. The summed E-state index contributed by atoms with van der Waals surface area (Å²) in [6.07, 6.45) is 0. The summed E-state index contributed by atoms with van der Waals surface area (Å²) in [4.78, 5) is 0. The summed E-state index contributed by atoms with van der Waals surface area (Å²) in [5.41, 5.74) is 4.36. The Morgan fingerprint density at radius 3 is 2.72 bits per heavy atom. The molecule has 1 aromatic carbocycles. The standard InChI is InChI=1S/C14H19N3O/c1-4-18-14-8-6-5-7-13(14)15-9-12-10(2)16-17-11(12)3/h5-8,15H,4,9H2,1-3H3,(H,16,17). The van der Waals surface area contributed by atoms with Crippen molar-refractivity contribution >= 4 is 5.69 Å². The second-order valence-electron chi connectivity index (χ2n) is 4.20. The van der Waals surface area contributed by atoms with Crippen LogP contribution < -0.4 is 10.1 Å². The lowest BCUT2D eigenvalue weighted by Gasteiger charge is -2.12. The summed E-state index contributed by atoms with van der Waals surface area (Å²) >= 11 is 0. The fourth-order valence-corrected chi connectivity index (χ4v) is 1.91. The van der Waals surface area contributed by atoms with Crippen LogP contribution in [0.2, 0.25) is 0 Å². The number of hydrogen-bond donors (Lipinski definition) is 2. The summed E-state index contributed by atoms with van der Waals surface area (Å²) in [6, 6.07) is 7.97. The molecule has 0 aliphatic heterocycles. The predicted molar refractivity (Wildman–Crippen MR) is 73.0 cm³/mol. The third-order valence-electron chi connectivity index (χ3n) is 2.92. The molecule has 4 nitrogen and oxygen atoms in total. The van der Waals surface area contributed by atoms with Crippen molar-refractivity contribution in [3.8, 4) is 5.75 Å². The van der Waals surface area contributed by atoms with Crippen molar-refractivity contribution in [2.45, 2.75) is 27.3 Å². The molecule has 0 radical (unpaired) electrons. The van der Waals surface area contributed by atoms with Crippen LogP contribution in [-0.4, -0.2) is 16.8 Å². The van der Waals surface area contributed by atoms with E-state index >= 15 is 0 Å². The van der Waals surface area contributed by atoms with E-state index in [4.69, 9.17) is 4.74 Å². The molecule has 0 aliphatic rings. The molecule has 0 amide bonds. The molecule has 0 unspecified atom stereocenters. The first-order chi connectivity index (χ1) is 8.72. The second-order valence-corrected chi connectivity index (χ2v) is 4.20. The molecule has 0 spiro atoms. The first-order valence-electron chi connectivity index (χ1n) is 6.18. The van der Waals surface area contributed by atoms with Gasteiger partial charge in [0.2, 0.25) is 0 Å². The van der Waals surface area contributed by atoms with Crippen LogP contribution >= 0.6 is 0 Å². The van der Waals surface area contributed by atoms with Gasteiger partial charge in [-0.05, 0) is 32.9 Å². The maximum Gasteiger partial charge on any atom is 0.142 e. The van der Waals surface area contributed by atoms with Gasteiger partial charge in [0.1, 0.15) is 5.75 Å². The van der Waals surface area contributed by atoms with Crippen LogP contribution in [0, 0.1) is 13.8 Å². The van der Waals surface area contributed by atoms with Gasteiger partial charge in [0.25, 0.3) is 0 Å². The zero-order valence-electron chi connectivity index (χ0n) is 11.1. The van der Waals surface area contributed by atoms with E-state index in [9.17, 15) is 0 Å². The lowest BCUT2D eigenvalue weighted by atomic mass is 10.2. The molecule has 18 heavy (non-hydrogen) atoms. The molecule has 0 fully saturated rings. The number of aromatic amines is 1. The van der Waals surface area contributed by atoms with Gasteiger partial charge in [0.15, 0.2) is 0 Å². The third kappa shape index (κ3) is 2.64. The average molecular weight is 245 g/mol. The van der Waals surface area contributed by atoms with Gasteiger partial charge in [-0.3, -0.25) is 5.10 Å². The summed E-state index contributed by atoms with van der Waals surface area (Å²) in [5.74, 6) is 0.888. The van der Waals surface area contributed by atoms with E-state index in [0.29, 0.717) is 6.61 Å². The molecule has 1 aromatic heterocycles. The minimum Gasteiger partial charge on any atom is -0.492 e. The van der Waals surface area contributed by atoms with Gasteiger partial charge in [-0.25, -0.2) is 0 Å². The van der Waals surface area contributed by atoms with Crippen LogP contribution in [0.5, 0.6) is 5.75 Å². The molecule has 0 saturated heterocycles. The zero-order valence-corrected chi connectivity index (χ0v) is 11.1. The summed E-state index contributed by atoms with van der Waals surface area (Å²) in [7, 11) is 0. The highest BCUT2D eigenvalue weighted by molar-refractivity contribution is 5.56. The first-order valence-corrected chi connectivity index (χ1v) is 6.18. The minimum atomic E-state index is 0.669. The largest absolute Gasteiger partial charge is 0.492 e. The molecule has 2 N–H and O–H groups in total. The van der Waals surface area contributed by atoms with Crippen molar-refractivity contribution in [2.75, 3.05) is 11.9 Å². The van der Waals surface area contributed by atoms with E-state index in [1.807, 2.05) is 45.0 Å². The average Bonchev–Trinajstić information content (AvgIpc) is 2.69.